The molecule has 1 aliphatic carbocycles. The van der Waals surface area contributed by atoms with Gasteiger partial charge in [-0.15, -0.1) is 0 Å². The second-order valence-electron chi connectivity index (χ2n) is 6.44. The molecule has 0 radical (unpaired) electrons. The summed E-state index contributed by atoms with van der Waals surface area (Å²) in [6.45, 7) is 0. The van der Waals surface area contributed by atoms with Crippen molar-refractivity contribution in [3.63, 3.8) is 0 Å². The fourth-order valence-electron chi connectivity index (χ4n) is 3.12. The minimum Gasteiger partial charge on any atom is -0.481 e. The molecule has 136 valence electrons. The molecular formula is C20H22N2O4. The van der Waals surface area contributed by atoms with Crippen LogP contribution in [0.25, 0.3) is 0 Å². The topological polar surface area (TPSA) is 88.5 Å². The van der Waals surface area contributed by atoms with E-state index in [1.54, 1.807) is 24.3 Å². The minimum atomic E-state index is -0.974. The van der Waals surface area contributed by atoms with E-state index in [4.69, 9.17) is 9.84 Å². The van der Waals surface area contributed by atoms with Crippen molar-refractivity contribution in [1.29, 1.82) is 0 Å². The first-order valence-electron chi connectivity index (χ1n) is 8.82. The third-order valence-electron chi connectivity index (χ3n) is 4.47. The third-order valence-corrected chi connectivity index (χ3v) is 4.47. The van der Waals surface area contributed by atoms with Crippen molar-refractivity contribution < 1.29 is 19.4 Å². The van der Waals surface area contributed by atoms with Crippen molar-refractivity contribution in [3.8, 4) is 5.88 Å². The summed E-state index contributed by atoms with van der Waals surface area (Å²) in [4.78, 5) is 27.8. The molecule has 3 rings (SSSR count). The van der Waals surface area contributed by atoms with Crippen LogP contribution in [-0.2, 0) is 4.79 Å². The molecule has 0 saturated heterocycles. The number of rotatable bonds is 7. The van der Waals surface area contributed by atoms with E-state index < -0.39 is 12.0 Å². The number of aliphatic carboxylic acids is 1. The highest BCUT2D eigenvalue weighted by Gasteiger charge is 2.20. The molecule has 0 spiro atoms. The van der Waals surface area contributed by atoms with Gasteiger partial charge >= 0.3 is 5.97 Å². The first-order valence-corrected chi connectivity index (χ1v) is 8.82. The summed E-state index contributed by atoms with van der Waals surface area (Å²) < 4.78 is 5.79. The highest BCUT2D eigenvalue weighted by Crippen LogP contribution is 2.23. The van der Waals surface area contributed by atoms with E-state index in [1.807, 2.05) is 18.2 Å². The van der Waals surface area contributed by atoms with Crippen LogP contribution in [0, 0.1) is 0 Å². The van der Waals surface area contributed by atoms with Crippen molar-refractivity contribution in [1.82, 2.24) is 10.3 Å². The van der Waals surface area contributed by atoms with Gasteiger partial charge in [-0.1, -0.05) is 30.3 Å². The average Bonchev–Trinajstić information content (AvgIpc) is 3.15. The van der Waals surface area contributed by atoms with Crippen LogP contribution in [0.2, 0.25) is 0 Å². The molecule has 1 saturated carbocycles. The number of hydrogen-bond acceptors (Lipinski definition) is 4. The maximum atomic E-state index is 12.5. The number of carboxylic acid groups (broad SMARTS) is 1. The summed E-state index contributed by atoms with van der Waals surface area (Å²) in [6.07, 6.45) is 5.91. The van der Waals surface area contributed by atoms with E-state index in [0.29, 0.717) is 11.4 Å². The van der Waals surface area contributed by atoms with Gasteiger partial charge in [0.25, 0.3) is 5.91 Å². The SMILES string of the molecule is O=C(O)CC(NC(=O)c1ccc(OC2CCCC2)nc1)c1ccccc1. The van der Waals surface area contributed by atoms with Gasteiger partial charge in [-0.2, -0.15) is 0 Å². The lowest BCUT2D eigenvalue weighted by molar-refractivity contribution is -0.137. The summed E-state index contributed by atoms with van der Waals surface area (Å²) in [5.41, 5.74) is 1.12. The number of hydrogen-bond donors (Lipinski definition) is 2. The van der Waals surface area contributed by atoms with Crippen LogP contribution >= 0.6 is 0 Å². The van der Waals surface area contributed by atoms with Crippen LogP contribution in [0.3, 0.4) is 0 Å². The van der Waals surface area contributed by atoms with Gasteiger partial charge in [0.15, 0.2) is 0 Å². The Labute approximate surface area is 152 Å². The van der Waals surface area contributed by atoms with Crippen LogP contribution in [0.1, 0.15) is 54.1 Å². The number of carbonyl (C=O) groups excluding carboxylic acids is 1. The van der Waals surface area contributed by atoms with E-state index >= 15 is 0 Å². The molecule has 2 aromatic rings. The van der Waals surface area contributed by atoms with E-state index in [0.717, 1.165) is 18.4 Å². The number of nitrogens with one attached hydrogen (secondary N) is 1. The first kappa shape index (κ1) is 17.9. The van der Waals surface area contributed by atoms with E-state index in [1.165, 1.54) is 19.0 Å². The third kappa shape index (κ3) is 4.81. The normalized spacial score (nSPS) is 15.4. The Hall–Kier alpha value is -2.89. The van der Waals surface area contributed by atoms with E-state index in [9.17, 15) is 9.59 Å². The van der Waals surface area contributed by atoms with Gasteiger partial charge in [0.05, 0.1) is 18.0 Å². The van der Waals surface area contributed by atoms with Crippen molar-refractivity contribution >= 4 is 11.9 Å². The molecule has 0 aliphatic heterocycles. The Kier molecular flexibility index (Phi) is 5.84. The van der Waals surface area contributed by atoms with E-state index in [-0.39, 0.29) is 18.4 Å². The van der Waals surface area contributed by atoms with Crippen molar-refractivity contribution in [2.24, 2.45) is 0 Å². The van der Waals surface area contributed by atoms with Gasteiger partial charge in [-0.25, -0.2) is 4.98 Å². The molecule has 1 unspecified atom stereocenters. The summed E-state index contributed by atoms with van der Waals surface area (Å²) in [5.74, 6) is -0.823. The Morgan fingerprint density at radius 3 is 2.50 bits per heavy atom. The van der Waals surface area contributed by atoms with Crippen LogP contribution < -0.4 is 10.1 Å². The molecular weight excluding hydrogens is 332 g/mol. The van der Waals surface area contributed by atoms with Crippen molar-refractivity contribution in [3.05, 3.63) is 59.8 Å². The van der Waals surface area contributed by atoms with Crippen molar-refractivity contribution in [2.75, 3.05) is 0 Å². The summed E-state index contributed by atoms with van der Waals surface area (Å²) in [6, 6.07) is 11.8. The van der Waals surface area contributed by atoms with Crippen LogP contribution in [0.15, 0.2) is 48.7 Å². The lowest BCUT2D eigenvalue weighted by atomic mass is 10.0. The van der Waals surface area contributed by atoms with Gasteiger partial charge in [-0.05, 0) is 37.3 Å². The molecule has 1 atom stereocenters. The van der Waals surface area contributed by atoms with Gasteiger partial charge in [0.2, 0.25) is 5.88 Å². The zero-order valence-corrected chi connectivity index (χ0v) is 14.4. The molecule has 1 heterocycles. The smallest absolute Gasteiger partial charge is 0.305 e. The van der Waals surface area contributed by atoms with Crippen molar-refractivity contribution in [2.45, 2.75) is 44.2 Å². The van der Waals surface area contributed by atoms with E-state index in [2.05, 4.69) is 10.3 Å². The average molecular weight is 354 g/mol. The van der Waals surface area contributed by atoms with Gasteiger partial charge in [-0.3, -0.25) is 9.59 Å². The maximum Gasteiger partial charge on any atom is 0.305 e. The largest absolute Gasteiger partial charge is 0.481 e. The van der Waals surface area contributed by atoms with Crippen LogP contribution in [0.5, 0.6) is 5.88 Å². The first-order chi connectivity index (χ1) is 12.6. The summed E-state index contributed by atoms with van der Waals surface area (Å²) >= 11 is 0. The molecule has 6 heteroatoms. The number of amides is 1. The maximum absolute atomic E-state index is 12.5. The lowest BCUT2D eigenvalue weighted by Crippen LogP contribution is -2.30. The molecule has 1 aromatic heterocycles. The summed E-state index contributed by atoms with van der Waals surface area (Å²) in [5, 5.41) is 11.9. The number of carbonyl (C=O) groups is 2. The number of nitrogens with zero attached hydrogens (tertiary/aromatic N) is 1. The van der Waals surface area contributed by atoms with Crippen LogP contribution in [-0.4, -0.2) is 28.1 Å². The molecule has 1 aliphatic rings. The molecule has 0 bridgehead atoms. The number of aromatic nitrogens is 1. The highest BCUT2D eigenvalue weighted by molar-refractivity contribution is 5.94. The Balaban J connectivity index is 1.65. The molecule has 1 amide bonds. The van der Waals surface area contributed by atoms with Gasteiger partial charge in [0, 0.05) is 12.3 Å². The molecule has 1 aromatic carbocycles. The lowest BCUT2D eigenvalue weighted by Gasteiger charge is -2.17. The number of ether oxygens (including phenoxy) is 1. The van der Waals surface area contributed by atoms with Gasteiger partial charge in [0.1, 0.15) is 6.10 Å². The molecule has 2 N–H and O–H groups in total. The number of benzene rings is 1. The molecule has 1 fully saturated rings. The highest BCUT2D eigenvalue weighted by atomic mass is 16.5. The quantitative estimate of drug-likeness (QED) is 0.796. The number of carboxylic acids is 1. The second kappa shape index (κ2) is 8.47. The fourth-order valence-corrected chi connectivity index (χ4v) is 3.12. The predicted octanol–water partition coefficient (Wildman–Crippen LogP) is 3.35. The number of pyridine rings is 1. The zero-order chi connectivity index (χ0) is 18.4. The Morgan fingerprint density at radius 1 is 1.15 bits per heavy atom. The predicted molar refractivity (Wildman–Crippen MR) is 96.0 cm³/mol. The molecule has 6 nitrogen and oxygen atoms in total. The monoisotopic (exact) mass is 354 g/mol. The Morgan fingerprint density at radius 2 is 1.88 bits per heavy atom. The standard InChI is InChI=1S/C20H22N2O4/c23-19(24)12-17(14-6-2-1-3-7-14)22-20(25)15-10-11-18(21-13-15)26-16-8-4-5-9-16/h1-3,6-7,10-11,13,16-17H,4-5,8-9,12H2,(H,22,25)(H,23,24). The molecule has 26 heavy (non-hydrogen) atoms. The zero-order valence-electron chi connectivity index (χ0n) is 14.4. The fraction of sp³-hybridized carbons (Fsp3) is 0.350. The van der Waals surface area contributed by atoms with Gasteiger partial charge < -0.3 is 15.2 Å². The summed E-state index contributed by atoms with van der Waals surface area (Å²) in [7, 11) is 0. The van der Waals surface area contributed by atoms with Crippen LogP contribution in [0.4, 0.5) is 0 Å². The Bertz CT molecular complexity index is 740. The minimum absolute atomic E-state index is 0.188. The second-order valence-corrected chi connectivity index (χ2v) is 6.44.